The molecule has 0 aliphatic rings. The molecule has 24 heavy (non-hydrogen) atoms. The van der Waals surface area contributed by atoms with E-state index in [-0.39, 0.29) is 13.2 Å². The van der Waals surface area contributed by atoms with Crippen LogP contribution < -0.4 is 10.1 Å². The minimum absolute atomic E-state index is 0.0395. The maximum atomic E-state index is 11.7. The fraction of sp³-hybridized carbons (Fsp3) is 0.176. The summed E-state index contributed by atoms with van der Waals surface area (Å²) in [4.78, 5) is 11.7. The summed E-state index contributed by atoms with van der Waals surface area (Å²) in [7, 11) is 0. The summed E-state index contributed by atoms with van der Waals surface area (Å²) in [6.07, 6.45) is 0. The standard InChI is InChI=1S/C17H15ClN2O4/c18-12-3-6-15(24-8-7-21)14(9-12)16(17(22)23)20-13-4-1-11(10-19)2-5-13/h1-6,9,16,20-21H,7-8H2,(H,22,23). The van der Waals surface area contributed by atoms with Crippen LogP contribution in [0.1, 0.15) is 17.2 Å². The maximum Gasteiger partial charge on any atom is 0.330 e. The highest BCUT2D eigenvalue weighted by atomic mass is 35.5. The van der Waals surface area contributed by atoms with Crippen molar-refractivity contribution in [2.24, 2.45) is 0 Å². The van der Waals surface area contributed by atoms with E-state index in [1.807, 2.05) is 6.07 Å². The van der Waals surface area contributed by atoms with E-state index in [4.69, 9.17) is 26.7 Å². The number of aliphatic carboxylic acids is 1. The minimum atomic E-state index is -1.12. The van der Waals surface area contributed by atoms with Gasteiger partial charge in [-0.15, -0.1) is 0 Å². The van der Waals surface area contributed by atoms with Crippen LogP contribution >= 0.6 is 11.6 Å². The van der Waals surface area contributed by atoms with E-state index in [0.29, 0.717) is 27.6 Å². The van der Waals surface area contributed by atoms with Gasteiger partial charge in [0.1, 0.15) is 12.4 Å². The van der Waals surface area contributed by atoms with Crippen molar-refractivity contribution in [3.8, 4) is 11.8 Å². The van der Waals surface area contributed by atoms with Crippen LogP contribution in [-0.4, -0.2) is 29.4 Å². The predicted molar refractivity (Wildman–Crippen MR) is 89.2 cm³/mol. The normalized spacial score (nSPS) is 11.4. The number of aliphatic hydroxyl groups is 1. The van der Waals surface area contributed by atoms with Crippen molar-refractivity contribution in [2.75, 3.05) is 18.5 Å². The van der Waals surface area contributed by atoms with Crippen molar-refractivity contribution < 1.29 is 19.7 Å². The summed E-state index contributed by atoms with van der Waals surface area (Å²) in [6.45, 7) is -0.152. The number of carboxylic acid groups (broad SMARTS) is 1. The summed E-state index contributed by atoms with van der Waals surface area (Å²) < 4.78 is 5.39. The summed E-state index contributed by atoms with van der Waals surface area (Å²) in [5.74, 6) is -0.794. The van der Waals surface area contributed by atoms with E-state index >= 15 is 0 Å². The molecule has 3 N–H and O–H groups in total. The first-order valence-electron chi connectivity index (χ1n) is 7.07. The Morgan fingerprint density at radius 1 is 1.29 bits per heavy atom. The van der Waals surface area contributed by atoms with Gasteiger partial charge in [0, 0.05) is 16.3 Å². The molecule has 0 saturated carbocycles. The molecule has 0 bridgehead atoms. The maximum absolute atomic E-state index is 11.7. The fourth-order valence-electron chi connectivity index (χ4n) is 2.11. The Balaban J connectivity index is 2.34. The van der Waals surface area contributed by atoms with Gasteiger partial charge in [-0.05, 0) is 42.5 Å². The van der Waals surface area contributed by atoms with Crippen molar-refractivity contribution in [3.05, 3.63) is 58.6 Å². The van der Waals surface area contributed by atoms with Crippen molar-refractivity contribution >= 4 is 23.3 Å². The molecular formula is C17H15ClN2O4. The van der Waals surface area contributed by atoms with Gasteiger partial charge in [0.05, 0.1) is 18.2 Å². The monoisotopic (exact) mass is 346 g/mol. The first kappa shape index (κ1) is 17.6. The quantitative estimate of drug-likeness (QED) is 0.712. The van der Waals surface area contributed by atoms with Crippen molar-refractivity contribution in [3.63, 3.8) is 0 Å². The lowest BCUT2D eigenvalue weighted by molar-refractivity contribution is -0.138. The molecule has 0 heterocycles. The Kier molecular flexibility index (Phi) is 6.01. The largest absolute Gasteiger partial charge is 0.491 e. The number of anilines is 1. The molecule has 0 fully saturated rings. The molecule has 0 amide bonds. The summed E-state index contributed by atoms with van der Waals surface area (Å²) in [5, 5.41) is 30.5. The van der Waals surface area contributed by atoms with Crippen LogP contribution in [0.3, 0.4) is 0 Å². The van der Waals surface area contributed by atoms with Gasteiger partial charge >= 0.3 is 5.97 Å². The van der Waals surface area contributed by atoms with Gasteiger partial charge in [0.15, 0.2) is 6.04 Å². The third-order valence-electron chi connectivity index (χ3n) is 3.20. The summed E-state index contributed by atoms with van der Waals surface area (Å²) in [6, 6.07) is 11.9. The number of aliphatic hydroxyl groups excluding tert-OH is 1. The van der Waals surface area contributed by atoms with Gasteiger partial charge in [-0.25, -0.2) is 4.79 Å². The molecule has 0 radical (unpaired) electrons. The highest BCUT2D eigenvalue weighted by molar-refractivity contribution is 6.30. The number of hydrogen-bond donors (Lipinski definition) is 3. The lowest BCUT2D eigenvalue weighted by Crippen LogP contribution is -2.21. The molecule has 7 heteroatoms. The smallest absolute Gasteiger partial charge is 0.330 e. The Labute approximate surface area is 143 Å². The molecule has 2 aromatic carbocycles. The van der Waals surface area contributed by atoms with E-state index in [1.54, 1.807) is 36.4 Å². The molecule has 2 aromatic rings. The van der Waals surface area contributed by atoms with E-state index in [9.17, 15) is 9.90 Å². The Hall–Kier alpha value is -2.75. The number of carbonyl (C=O) groups is 1. The molecule has 1 atom stereocenters. The third kappa shape index (κ3) is 4.38. The first-order valence-corrected chi connectivity index (χ1v) is 7.45. The van der Waals surface area contributed by atoms with Gasteiger partial charge in [-0.2, -0.15) is 5.26 Å². The molecular weight excluding hydrogens is 332 g/mol. The lowest BCUT2D eigenvalue weighted by atomic mass is 10.0. The molecule has 0 aliphatic carbocycles. The topological polar surface area (TPSA) is 103 Å². The Bertz CT molecular complexity index is 756. The van der Waals surface area contributed by atoms with Crippen molar-refractivity contribution in [2.45, 2.75) is 6.04 Å². The van der Waals surface area contributed by atoms with E-state index in [2.05, 4.69) is 5.32 Å². The number of carboxylic acids is 1. The average molecular weight is 347 g/mol. The molecule has 0 spiro atoms. The average Bonchev–Trinajstić information content (AvgIpc) is 2.59. The number of benzene rings is 2. The van der Waals surface area contributed by atoms with Crippen molar-refractivity contribution in [1.82, 2.24) is 0 Å². The second-order valence-electron chi connectivity index (χ2n) is 4.86. The van der Waals surface area contributed by atoms with Gasteiger partial charge in [0.25, 0.3) is 0 Å². The molecule has 0 aliphatic heterocycles. The minimum Gasteiger partial charge on any atom is -0.491 e. The van der Waals surface area contributed by atoms with Gasteiger partial charge in [-0.3, -0.25) is 0 Å². The van der Waals surface area contributed by atoms with E-state index < -0.39 is 12.0 Å². The van der Waals surface area contributed by atoms with Crippen LogP contribution in [0.25, 0.3) is 0 Å². The zero-order chi connectivity index (χ0) is 17.5. The molecule has 0 saturated heterocycles. The molecule has 0 aromatic heterocycles. The number of nitrogens with zero attached hydrogens (tertiary/aromatic N) is 1. The third-order valence-corrected chi connectivity index (χ3v) is 3.44. The zero-order valence-corrected chi connectivity index (χ0v) is 13.3. The Morgan fingerprint density at radius 2 is 2.00 bits per heavy atom. The highest BCUT2D eigenvalue weighted by Crippen LogP contribution is 2.31. The first-order chi connectivity index (χ1) is 11.5. The Morgan fingerprint density at radius 3 is 2.58 bits per heavy atom. The van der Waals surface area contributed by atoms with Gasteiger partial charge < -0.3 is 20.3 Å². The number of nitriles is 1. The van der Waals surface area contributed by atoms with Gasteiger partial charge in [0.2, 0.25) is 0 Å². The van der Waals surface area contributed by atoms with Crippen LogP contribution in [0.2, 0.25) is 5.02 Å². The number of halogens is 1. The summed E-state index contributed by atoms with van der Waals surface area (Å²) >= 11 is 5.98. The number of hydrogen-bond acceptors (Lipinski definition) is 5. The number of rotatable bonds is 7. The summed E-state index contributed by atoms with van der Waals surface area (Å²) in [5.41, 5.74) is 1.35. The SMILES string of the molecule is N#Cc1ccc(NC(C(=O)O)c2cc(Cl)ccc2OCCO)cc1. The van der Waals surface area contributed by atoms with Crippen LogP contribution in [0.15, 0.2) is 42.5 Å². The van der Waals surface area contributed by atoms with Crippen LogP contribution in [0.4, 0.5) is 5.69 Å². The predicted octanol–water partition coefficient (Wildman–Crippen LogP) is 2.82. The molecule has 2 rings (SSSR count). The van der Waals surface area contributed by atoms with Crippen molar-refractivity contribution in [1.29, 1.82) is 5.26 Å². The van der Waals surface area contributed by atoms with Gasteiger partial charge in [-0.1, -0.05) is 11.6 Å². The zero-order valence-electron chi connectivity index (χ0n) is 12.6. The van der Waals surface area contributed by atoms with Crippen LogP contribution in [-0.2, 0) is 4.79 Å². The van der Waals surface area contributed by atoms with E-state index in [0.717, 1.165) is 0 Å². The number of ether oxygens (including phenoxy) is 1. The second kappa shape index (κ2) is 8.20. The fourth-order valence-corrected chi connectivity index (χ4v) is 2.29. The second-order valence-corrected chi connectivity index (χ2v) is 5.30. The lowest BCUT2D eigenvalue weighted by Gasteiger charge is -2.20. The van der Waals surface area contributed by atoms with Crippen LogP contribution in [0, 0.1) is 11.3 Å². The van der Waals surface area contributed by atoms with E-state index in [1.165, 1.54) is 6.07 Å². The molecule has 124 valence electrons. The molecule has 6 nitrogen and oxygen atoms in total. The molecule has 1 unspecified atom stereocenters. The highest BCUT2D eigenvalue weighted by Gasteiger charge is 2.24. The number of nitrogens with one attached hydrogen (secondary N) is 1. The van der Waals surface area contributed by atoms with Crippen LogP contribution in [0.5, 0.6) is 5.75 Å².